The van der Waals surface area contributed by atoms with Gasteiger partial charge in [0, 0.05) is 26.6 Å². The first-order valence-electron chi connectivity index (χ1n) is 5.41. The Hall–Kier alpha value is -1.34. The minimum atomic E-state index is -1.18. The van der Waals surface area contributed by atoms with E-state index in [1.165, 1.54) is 11.9 Å². The van der Waals surface area contributed by atoms with Crippen molar-refractivity contribution in [2.45, 2.75) is 31.9 Å². The quantitative estimate of drug-likeness (QED) is 0.473. The Kier molecular flexibility index (Phi) is 7.24. The summed E-state index contributed by atoms with van der Waals surface area (Å²) in [4.78, 5) is 23.6. The zero-order valence-corrected chi connectivity index (χ0v) is 10.1. The summed E-state index contributed by atoms with van der Waals surface area (Å²) >= 11 is 0. The molecule has 0 spiro atoms. The van der Waals surface area contributed by atoms with Gasteiger partial charge < -0.3 is 25.5 Å². The molecule has 0 aliphatic carbocycles. The molecule has 7 heteroatoms. The first-order chi connectivity index (χ1) is 7.88. The van der Waals surface area contributed by atoms with Crippen LogP contribution in [0.25, 0.3) is 0 Å². The van der Waals surface area contributed by atoms with E-state index in [9.17, 15) is 9.59 Å². The lowest BCUT2D eigenvalue weighted by molar-refractivity contribution is -0.139. The Morgan fingerprint density at radius 2 is 1.94 bits per heavy atom. The molecule has 0 saturated heterocycles. The summed E-state index contributed by atoms with van der Waals surface area (Å²) in [6.07, 6.45) is -0.134. The zero-order valence-electron chi connectivity index (χ0n) is 10.1. The molecule has 0 aromatic heterocycles. The van der Waals surface area contributed by atoms with Gasteiger partial charge in [-0.1, -0.05) is 0 Å². The Morgan fingerprint density at radius 3 is 2.35 bits per heavy atom. The molecule has 0 aromatic rings. The fourth-order valence-corrected chi connectivity index (χ4v) is 1.13. The fourth-order valence-electron chi connectivity index (χ4n) is 1.13. The average molecular weight is 248 g/mol. The van der Waals surface area contributed by atoms with Crippen LogP contribution < -0.4 is 5.32 Å². The molecule has 2 amide bonds. The minimum absolute atomic E-state index is 0.0364. The van der Waals surface area contributed by atoms with Gasteiger partial charge in [-0.3, -0.25) is 0 Å². The largest absolute Gasteiger partial charge is 0.480 e. The number of amides is 2. The number of hydrogen-bond donors (Lipinski definition) is 4. The molecule has 0 rings (SSSR count). The number of urea groups is 1. The molecular weight excluding hydrogens is 228 g/mol. The summed E-state index contributed by atoms with van der Waals surface area (Å²) in [6.45, 7) is 1.63. The third kappa shape index (κ3) is 6.75. The maximum Gasteiger partial charge on any atom is 0.326 e. The highest BCUT2D eigenvalue weighted by Gasteiger charge is 2.20. The molecule has 0 fully saturated rings. The predicted molar refractivity (Wildman–Crippen MR) is 60.6 cm³/mol. The van der Waals surface area contributed by atoms with Gasteiger partial charge in [0.15, 0.2) is 0 Å². The van der Waals surface area contributed by atoms with Crippen molar-refractivity contribution in [3.8, 4) is 0 Å². The van der Waals surface area contributed by atoms with E-state index in [4.69, 9.17) is 15.3 Å². The minimum Gasteiger partial charge on any atom is -0.480 e. The van der Waals surface area contributed by atoms with E-state index in [1.54, 1.807) is 6.92 Å². The van der Waals surface area contributed by atoms with Crippen molar-refractivity contribution < 1.29 is 24.9 Å². The van der Waals surface area contributed by atoms with E-state index < -0.39 is 24.1 Å². The van der Waals surface area contributed by atoms with Crippen LogP contribution in [0.1, 0.15) is 19.8 Å². The van der Waals surface area contributed by atoms with Gasteiger partial charge in [0.25, 0.3) is 0 Å². The van der Waals surface area contributed by atoms with Crippen molar-refractivity contribution in [2.24, 2.45) is 0 Å². The number of carbonyl (C=O) groups is 2. The second-order valence-corrected chi connectivity index (χ2v) is 3.91. The molecule has 2 atom stereocenters. The van der Waals surface area contributed by atoms with E-state index in [0.717, 1.165) is 0 Å². The number of carboxylic acid groups (broad SMARTS) is 1. The SMILES string of the molecule is CC(O)CCN(C)C(=O)N[C@H](CCO)C(=O)O. The molecule has 0 heterocycles. The van der Waals surface area contributed by atoms with Crippen molar-refractivity contribution in [1.82, 2.24) is 10.2 Å². The molecule has 17 heavy (non-hydrogen) atoms. The molecular formula is C10H20N2O5. The number of nitrogens with zero attached hydrogens (tertiary/aromatic N) is 1. The van der Waals surface area contributed by atoms with Crippen LogP contribution in [0, 0.1) is 0 Å². The summed E-state index contributed by atoms with van der Waals surface area (Å²) < 4.78 is 0. The van der Waals surface area contributed by atoms with Crippen LogP contribution >= 0.6 is 0 Å². The Morgan fingerprint density at radius 1 is 1.35 bits per heavy atom. The molecule has 0 aromatic carbocycles. The molecule has 7 nitrogen and oxygen atoms in total. The maximum atomic E-state index is 11.5. The smallest absolute Gasteiger partial charge is 0.326 e. The van der Waals surface area contributed by atoms with Crippen molar-refractivity contribution in [3.05, 3.63) is 0 Å². The van der Waals surface area contributed by atoms with Crippen LogP contribution in [0.2, 0.25) is 0 Å². The third-order valence-corrected chi connectivity index (χ3v) is 2.24. The summed E-state index contributed by atoms with van der Waals surface area (Å²) in [7, 11) is 1.51. The van der Waals surface area contributed by atoms with Crippen LogP contribution in [0.4, 0.5) is 4.79 Å². The second-order valence-electron chi connectivity index (χ2n) is 3.91. The number of aliphatic hydroxyl groups excluding tert-OH is 2. The van der Waals surface area contributed by atoms with Crippen LogP contribution in [0.15, 0.2) is 0 Å². The van der Waals surface area contributed by atoms with Crippen molar-refractivity contribution in [3.63, 3.8) is 0 Å². The van der Waals surface area contributed by atoms with Crippen molar-refractivity contribution in [2.75, 3.05) is 20.2 Å². The first kappa shape index (κ1) is 15.7. The van der Waals surface area contributed by atoms with Gasteiger partial charge in [-0.25, -0.2) is 9.59 Å². The topological polar surface area (TPSA) is 110 Å². The van der Waals surface area contributed by atoms with Gasteiger partial charge in [0.05, 0.1) is 6.10 Å². The molecule has 0 aliphatic rings. The van der Waals surface area contributed by atoms with E-state index in [1.807, 2.05) is 0 Å². The number of carbonyl (C=O) groups excluding carboxylic acids is 1. The highest BCUT2D eigenvalue weighted by Crippen LogP contribution is 1.97. The normalized spacial score (nSPS) is 13.9. The average Bonchev–Trinajstić information content (AvgIpc) is 2.24. The van der Waals surface area contributed by atoms with Crippen LogP contribution in [-0.4, -0.2) is 64.6 Å². The van der Waals surface area contributed by atoms with Crippen molar-refractivity contribution in [1.29, 1.82) is 0 Å². The number of aliphatic hydroxyl groups is 2. The number of carboxylic acids is 1. The van der Waals surface area contributed by atoms with Crippen LogP contribution in [-0.2, 0) is 4.79 Å². The van der Waals surface area contributed by atoms with Crippen LogP contribution in [0.3, 0.4) is 0 Å². The molecule has 0 radical (unpaired) electrons. The van der Waals surface area contributed by atoms with Gasteiger partial charge in [0.1, 0.15) is 6.04 Å². The molecule has 1 unspecified atom stereocenters. The molecule has 4 N–H and O–H groups in total. The first-order valence-corrected chi connectivity index (χ1v) is 5.41. The second kappa shape index (κ2) is 7.86. The van der Waals surface area contributed by atoms with Gasteiger partial charge in [-0.2, -0.15) is 0 Å². The Bertz CT molecular complexity index is 257. The van der Waals surface area contributed by atoms with Gasteiger partial charge >= 0.3 is 12.0 Å². The standard InChI is InChI=1S/C10H20N2O5/c1-7(14)3-5-12(2)10(17)11-8(4-6-13)9(15)16/h7-8,13-14H,3-6H2,1-2H3,(H,11,17)(H,15,16)/t7?,8-/m1/s1. The predicted octanol–water partition coefficient (Wildman–Crippen LogP) is -0.766. The zero-order chi connectivity index (χ0) is 13.4. The summed E-state index contributed by atoms with van der Waals surface area (Å²) in [5, 5.41) is 28.8. The molecule has 0 aliphatic heterocycles. The molecule has 0 bridgehead atoms. The van der Waals surface area contributed by atoms with E-state index in [0.29, 0.717) is 13.0 Å². The third-order valence-electron chi connectivity index (χ3n) is 2.24. The van der Waals surface area contributed by atoms with Gasteiger partial charge in [-0.05, 0) is 13.3 Å². The summed E-state index contributed by atoms with van der Waals surface area (Å²) in [6, 6.07) is -1.63. The van der Waals surface area contributed by atoms with E-state index >= 15 is 0 Å². The monoisotopic (exact) mass is 248 g/mol. The number of nitrogens with one attached hydrogen (secondary N) is 1. The highest BCUT2D eigenvalue weighted by molar-refractivity contribution is 5.82. The van der Waals surface area contributed by atoms with Gasteiger partial charge in [-0.15, -0.1) is 0 Å². The maximum absolute atomic E-state index is 11.5. The summed E-state index contributed by atoms with van der Waals surface area (Å²) in [5.74, 6) is -1.18. The lowest BCUT2D eigenvalue weighted by Crippen LogP contribution is -2.47. The number of rotatable bonds is 7. The number of aliphatic carboxylic acids is 1. The number of hydrogen-bond acceptors (Lipinski definition) is 4. The van der Waals surface area contributed by atoms with E-state index in [2.05, 4.69) is 5.32 Å². The van der Waals surface area contributed by atoms with Gasteiger partial charge in [0.2, 0.25) is 0 Å². The Labute approximate surface area is 100 Å². The Balaban J connectivity index is 4.15. The molecule has 100 valence electrons. The highest BCUT2D eigenvalue weighted by atomic mass is 16.4. The lowest BCUT2D eigenvalue weighted by Gasteiger charge is -2.21. The molecule has 0 saturated carbocycles. The fraction of sp³-hybridized carbons (Fsp3) is 0.800. The van der Waals surface area contributed by atoms with E-state index in [-0.39, 0.29) is 13.0 Å². The van der Waals surface area contributed by atoms with Crippen molar-refractivity contribution >= 4 is 12.0 Å². The lowest BCUT2D eigenvalue weighted by atomic mass is 10.2. The van der Waals surface area contributed by atoms with Crippen LogP contribution in [0.5, 0.6) is 0 Å². The summed E-state index contributed by atoms with van der Waals surface area (Å²) in [5.41, 5.74) is 0.